The molecule has 3 aromatic rings. The standard InChI is InChI=1S/C18H18N4OS/c19-18(20-10-9-14-6-2-1-3-7-14)24-13-15-12-17(23)22-11-5-4-8-16(22)21-15/h1-8,11-12H,9-10,13H2,(H2,19,20). The number of amidine groups is 1. The molecule has 0 aliphatic heterocycles. The Hall–Kier alpha value is -2.60. The van der Waals surface area contributed by atoms with Crippen molar-refractivity contribution in [1.29, 1.82) is 0 Å². The van der Waals surface area contributed by atoms with Crippen molar-refractivity contribution < 1.29 is 0 Å². The van der Waals surface area contributed by atoms with Crippen LogP contribution < -0.4 is 11.3 Å². The highest BCUT2D eigenvalue weighted by Crippen LogP contribution is 2.10. The topological polar surface area (TPSA) is 72.8 Å². The van der Waals surface area contributed by atoms with Crippen molar-refractivity contribution in [1.82, 2.24) is 9.38 Å². The minimum atomic E-state index is -0.0872. The number of nitrogens with zero attached hydrogens (tertiary/aromatic N) is 3. The Balaban J connectivity index is 1.59. The highest BCUT2D eigenvalue weighted by molar-refractivity contribution is 8.13. The van der Waals surface area contributed by atoms with Crippen molar-refractivity contribution in [3.8, 4) is 0 Å². The smallest absolute Gasteiger partial charge is 0.258 e. The molecule has 0 saturated heterocycles. The number of hydrogen-bond acceptors (Lipinski definition) is 4. The van der Waals surface area contributed by atoms with Gasteiger partial charge in [0.15, 0.2) is 5.17 Å². The molecular weight excluding hydrogens is 320 g/mol. The van der Waals surface area contributed by atoms with E-state index in [1.54, 1.807) is 6.20 Å². The molecule has 0 amide bonds. The molecule has 0 spiro atoms. The van der Waals surface area contributed by atoms with Gasteiger partial charge in [0.1, 0.15) is 5.65 Å². The molecule has 6 heteroatoms. The van der Waals surface area contributed by atoms with Crippen molar-refractivity contribution >= 4 is 22.6 Å². The SMILES string of the molecule is NC(=NCCc1ccccc1)SCc1cc(=O)n2ccccc2n1. The average Bonchev–Trinajstić information content (AvgIpc) is 2.61. The van der Waals surface area contributed by atoms with Gasteiger partial charge in [-0.25, -0.2) is 4.98 Å². The third-order valence-electron chi connectivity index (χ3n) is 3.50. The number of aromatic nitrogens is 2. The van der Waals surface area contributed by atoms with Gasteiger partial charge in [-0.2, -0.15) is 0 Å². The maximum Gasteiger partial charge on any atom is 0.258 e. The van der Waals surface area contributed by atoms with Crippen LogP contribution >= 0.6 is 11.8 Å². The quantitative estimate of drug-likeness (QED) is 0.573. The lowest BCUT2D eigenvalue weighted by molar-refractivity contribution is 0.969. The van der Waals surface area contributed by atoms with Crippen molar-refractivity contribution in [2.24, 2.45) is 10.7 Å². The van der Waals surface area contributed by atoms with Crippen LogP contribution in [0.25, 0.3) is 5.65 Å². The molecule has 3 rings (SSSR count). The van der Waals surface area contributed by atoms with E-state index in [-0.39, 0.29) is 5.56 Å². The third kappa shape index (κ3) is 4.23. The normalized spacial score (nSPS) is 11.8. The predicted molar refractivity (Wildman–Crippen MR) is 99.4 cm³/mol. The summed E-state index contributed by atoms with van der Waals surface area (Å²) in [6.45, 7) is 0.649. The fourth-order valence-electron chi connectivity index (χ4n) is 2.31. The zero-order chi connectivity index (χ0) is 16.8. The fourth-order valence-corrected chi connectivity index (χ4v) is 2.94. The number of pyridine rings is 1. The Labute approximate surface area is 144 Å². The third-order valence-corrected chi connectivity index (χ3v) is 4.37. The Morgan fingerprint density at radius 2 is 1.96 bits per heavy atom. The van der Waals surface area contributed by atoms with Gasteiger partial charge in [-0.3, -0.25) is 14.2 Å². The van der Waals surface area contributed by atoms with Crippen molar-refractivity contribution in [2.75, 3.05) is 6.54 Å². The number of thioether (sulfide) groups is 1. The Bertz CT molecular complexity index is 906. The molecule has 24 heavy (non-hydrogen) atoms. The van der Waals surface area contributed by atoms with E-state index in [9.17, 15) is 4.79 Å². The molecule has 2 heterocycles. The predicted octanol–water partition coefficient (Wildman–Crippen LogP) is 2.49. The summed E-state index contributed by atoms with van der Waals surface area (Å²) >= 11 is 1.40. The van der Waals surface area contributed by atoms with Crippen LogP contribution in [0.1, 0.15) is 11.3 Å². The Kier molecular flexibility index (Phi) is 5.28. The minimum absolute atomic E-state index is 0.0872. The largest absolute Gasteiger partial charge is 0.379 e. The lowest BCUT2D eigenvalue weighted by Gasteiger charge is -2.04. The number of fused-ring (bicyclic) bond motifs is 1. The van der Waals surface area contributed by atoms with E-state index in [0.29, 0.717) is 28.8 Å². The van der Waals surface area contributed by atoms with Crippen LogP contribution in [0, 0.1) is 0 Å². The van der Waals surface area contributed by atoms with Crippen LogP contribution in [0.2, 0.25) is 0 Å². The van der Waals surface area contributed by atoms with Crippen LogP contribution in [0.4, 0.5) is 0 Å². The van der Waals surface area contributed by atoms with Crippen LogP contribution in [-0.2, 0) is 12.2 Å². The molecule has 0 fully saturated rings. The summed E-state index contributed by atoms with van der Waals surface area (Å²) < 4.78 is 1.52. The monoisotopic (exact) mass is 338 g/mol. The molecule has 1 aromatic carbocycles. The number of aliphatic imine (C=N–C) groups is 1. The van der Waals surface area contributed by atoms with E-state index in [1.807, 2.05) is 36.4 Å². The van der Waals surface area contributed by atoms with Gasteiger partial charge in [0.05, 0.1) is 5.69 Å². The zero-order valence-corrected chi connectivity index (χ0v) is 13.9. The molecular formula is C18H18N4OS. The molecule has 0 unspecified atom stereocenters. The molecule has 2 N–H and O–H groups in total. The van der Waals surface area contributed by atoms with Gasteiger partial charge in [-0.15, -0.1) is 0 Å². The summed E-state index contributed by atoms with van der Waals surface area (Å²) in [5.41, 5.74) is 8.44. The van der Waals surface area contributed by atoms with Gasteiger partial charge < -0.3 is 5.73 Å². The Morgan fingerprint density at radius 3 is 2.79 bits per heavy atom. The first-order chi connectivity index (χ1) is 11.7. The fraction of sp³-hybridized carbons (Fsp3) is 0.167. The highest BCUT2D eigenvalue weighted by Gasteiger charge is 2.03. The molecule has 0 bridgehead atoms. The molecule has 0 atom stereocenters. The summed E-state index contributed by atoms with van der Waals surface area (Å²) in [4.78, 5) is 20.9. The number of benzene rings is 1. The van der Waals surface area contributed by atoms with Gasteiger partial charge in [0, 0.05) is 24.6 Å². The minimum Gasteiger partial charge on any atom is -0.379 e. The summed E-state index contributed by atoms with van der Waals surface area (Å²) in [7, 11) is 0. The first-order valence-electron chi connectivity index (χ1n) is 7.66. The van der Waals surface area contributed by atoms with E-state index in [2.05, 4.69) is 22.1 Å². The van der Waals surface area contributed by atoms with Gasteiger partial charge in [-0.1, -0.05) is 48.2 Å². The van der Waals surface area contributed by atoms with E-state index >= 15 is 0 Å². The first-order valence-corrected chi connectivity index (χ1v) is 8.65. The van der Waals surface area contributed by atoms with Crippen LogP contribution in [0.5, 0.6) is 0 Å². The molecule has 0 saturated carbocycles. The van der Waals surface area contributed by atoms with Crippen LogP contribution in [0.15, 0.2) is 70.6 Å². The summed E-state index contributed by atoms with van der Waals surface area (Å²) in [6.07, 6.45) is 2.57. The number of hydrogen-bond donors (Lipinski definition) is 1. The van der Waals surface area contributed by atoms with Crippen LogP contribution in [-0.4, -0.2) is 21.1 Å². The molecule has 0 aliphatic carbocycles. The lowest BCUT2D eigenvalue weighted by atomic mass is 10.2. The van der Waals surface area contributed by atoms with Gasteiger partial charge in [0.2, 0.25) is 0 Å². The van der Waals surface area contributed by atoms with Crippen molar-refractivity contribution in [2.45, 2.75) is 12.2 Å². The van der Waals surface area contributed by atoms with Gasteiger partial charge >= 0.3 is 0 Å². The second kappa shape index (κ2) is 7.79. The summed E-state index contributed by atoms with van der Waals surface area (Å²) in [5, 5.41) is 0.515. The molecule has 0 aliphatic rings. The molecule has 2 aromatic heterocycles. The molecule has 122 valence electrons. The number of nitrogens with two attached hydrogens (primary N) is 1. The second-order valence-electron chi connectivity index (χ2n) is 5.26. The van der Waals surface area contributed by atoms with E-state index in [0.717, 1.165) is 6.42 Å². The molecule has 0 radical (unpaired) electrons. The van der Waals surface area contributed by atoms with Crippen molar-refractivity contribution in [3.63, 3.8) is 0 Å². The number of rotatable bonds is 5. The lowest BCUT2D eigenvalue weighted by Crippen LogP contribution is -2.15. The van der Waals surface area contributed by atoms with E-state index < -0.39 is 0 Å². The first kappa shape index (κ1) is 16.3. The second-order valence-corrected chi connectivity index (χ2v) is 6.25. The van der Waals surface area contributed by atoms with E-state index in [4.69, 9.17) is 5.73 Å². The highest BCUT2D eigenvalue weighted by atomic mass is 32.2. The Morgan fingerprint density at radius 1 is 1.17 bits per heavy atom. The molecule has 5 nitrogen and oxygen atoms in total. The summed E-state index contributed by atoms with van der Waals surface area (Å²) in [6, 6.07) is 17.2. The summed E-state index contributed by atoms with van der Waals surface area (Å²) in [5.74, 6) is 0.529. The van der Waals surface area contributed by atoms with Gasteiger partial charge in [-0.05, 0) is 24.1 Å². The van der Waals surface area contributed by atoms with Crippen LogP contribution in [0.3, 0.4) is 0 Å². The van der Waals surface area contributed by atoms with E-state index in [1.165, 1.54) is 27.8 Å². The van der Waals surface area contributed by atoms with Crippen molar-refractivity contribution in [3.05, 3.63) is 82.4 Å². The van der Waals surface area contributed by atoms with Gasteiger partial charge in [0.25, 0.3) is 5.56 Å². The average molecular weight is 338 g/mol. The maximum atomic E-state index is 12.0. The zero-order valence-electron chi connectivity index (χ0n) is 13.1. The maximum absolute atomic E-state index is 12.0.